The lowest BCUT2D eigenvalue weighted by Crippen LogP contribution is -2.65. The largest absolute Gasteiger partial charge is 0.481 e. The first-order chi connectivity index (χ1) is 10.7. The Balaban J connectivity index is 2.29. The van der Waals surface area contributed by atoms with E-state index in [2.05, 4.69) is 5.32 Å². The Hall–Kier alpha value is -1.44. The number of carboxylic acid groups (broad SMARTS) is 2. The number of nitrogens with one attached hydrogen (secondary N) is 1. The quantitative estimate of drug-likeness (QED) is 0.485. The molecule has 2 bridgehead atoms. The zero-order valence-electron chi connectivity index (χ0n) is 13.2. The fourth-order valence-corrected chi connectivity index (χ4v) is 6.06. The molecule has 0 aromatic heterocycles. The van der Waals surface area contributed by atoms with Crippen molar-refractivity contribution < 1.29 is 30.0 Å². The molecule has 0 aromatic carbocycles. The number of aliphatic hydroxyl groups excluding tert-OH is 2. The number of aliphatic hydroxyl groups is 2. The van der Waals surface area contributed by atoms with Crippen LogP contribution in [0.2, 0.25) is 0 Å². The van der Waals surface area contributed by atoms with Gasteiger partial charge in [-0.2, -0.15) is 0 Å². The Bertz CT molecular complexity index is 603. The topological polar surface area (TPSA) is 127 Å². The van der Waals surface area contributed by atoms with E-state index < -0.39 is 46.2 Å². The highest BCUT2D eigenvalue weighted by atomic mass is 16.4. The van der Waals surface area contributed by atoms with Gasteiger partial charge in [0.05, 0.1) is 18.6 Å². The first kappa shape index (κ1) is 16.4. The summed E-state index contributed by atoms with van der Waals surface area (Å²) in [5, 5.41) is 43.3. The van der Waals surface area contributed by atoms with Crippen molar-refractivity contribution in [1.82, 2.24) is 5.32 Å². The van der Waals surface area contributed by atoms with Gasteiger partial charge >= 0.3 is 11.9 Å². The van der Waals surface area contributed by atoms with Gasteiger partial charge in [0.15, 0.2) is 0 Å². The lowest BCUT2D eigenvalue weighted by atomic mass is 9.60. The van der Waals surface area contributed by atoms with E-state index in [1.165, 1.54) is 6.08 Å². The third-order valence-electron chi connectivity index (χ3n) is 7.05. The molecule has 2 saturated carbocycles. The first-order valence-corrected chi connectivity index (χ1v) is 7.87. The number of hydrogen-bond donors (Lipinski definition) is 5. The molecule has 23 heavy (non-hydrogen) atoms. The predicted octanol–water partition coefficient (Wildman–Crippen LogP) is -0.170. The van der Waals surface area contributed by atoms with Crippen LogP contribution in [0.3, 0.4) is 0 Å². The number of carboxylic acids is 2. The van der Waals surface area contributed by atoms with E-state index >= 15 is 0 Å². The van der Waals surface area contributed by atoms with Gasteiger partial charge in [0, 0.05) is 27.9 Å². The lowest BCUT2D eigenvalue weighted by molar-refractivity contribution is -0.151. The van der Waals surface area contributed by atoms with Crippen molar-refractivity contribution in [3.63, 3.8) is 0 Å². The Morgan fingerprint density at radius 3 is 2.52 bits per heavy atom. The summed E-state index contributed by atoms with van der Waals surface area (Å²) in [6.07, 6.45) is 1.25. The second-order valence-electron chi connectivity index (χ2n) is 7.33. The van der Waals surface area contributed by atoms with Crippen LogP contribution in [0.25, 0.3) is 0 Å². The molecule has 0 heterocycles. The third kappa shape index (κ3) is 1.55. The van der Waals surface area contributed by atoms with Crippen LogP contribution in [0.15, 0.2) is 11.6 Å². The van der Waals surface area contributed by atoms with Gasteiger partial charge in [-0.15, -0.1) is 0 Å². The van der Waals surface area contributed by atoms with E-state index in [0.717, 1.165) is 0 Å². The van der Waals surface area contributed by atoms with Crippen molar-refractivity contribution >= 4 is 11.9 Å². The summed E-state index contributed by atoms with van der Waals surface area (Å²) in [4.78, 5) is 23.4. The van der Waals surface area contributed by atoms with E-state index in [-0.39, 0.29) is 18.6 Å². The van der Waals surface area contributed by atoms with Crippen molar-refractivity contribution in [1.29, 1.82) is 0 Å². The third-order valence-corrected chi connectivity index (χ3v) is 7.05. The van der Waals surface area contributed by atoms with Crippen LogP contribution < -0.4 is 5.32 Å². The summed E-state index contributed by atoms with van der Waals surface area (Å²) in [6.45, 7) is 1.53. The van der Waals surface area contributed by atoms with Crippen molar-refractivity contribution in [2.24, 2.45) is 22.7 Å². The fraction of sp³-hybridized carbons (Fsp3) is 0.750. The van der Waals surface area contributed by atoms with Crippen LogP contribution in [0.5, 0.6) is 0 Å². The van der Waals surface area contributed by atoms with Crippen LogP contribution in [0.1, 0.15) is 26.2 Å². The number of rotatable bonds is 4. The minimum Gasteiger partial charge on any atom is -0.481 e. The molecule has 3 aliphatic carbocycles. The highest BCUT2D eigenvalue weighted by Crippen LogP contribution is 2.73. The van der Waals surface area contributed by atoms with Crippen LogP contribution >= 0.6 is 0 Å². The van der Waals surface area contributed by atoms with E-state index in [0.29, 0.717) is 12.8 Å². The second-order valence-corrected chi connectivity index (χ2v) is 7.33. The van der Waals surface area contributed by atoms with Gasteiger partial charge in [0.2, 0.25) is 0 Å². The minimum atomic E-state index is -1.17. The Morgan fingerprint density at radius 2 is 2.04 bits per heavy atom. The minimum absolute atomic E-state index is 0.0767. The molecule has 128 valence electrons. The van der Waals surface area contributed by atoms with Crippen molar-refractivity contribution in [3.05, 3.63) is 11.6 Å². The maximum atomic E-state index is 11.8. The fourth-order valence-electron chi connectivity index (χ4n) is 6.06. The molecule has 0 amide bonds. The van der Waals surface area contributed by atoms with Crippen molar-refractivity contribution in [2.75, 3.05) is 13.7 Å². The summed E-state index contributed by atoms with van der Waals surface area (Å²) < 4.78 is 0. The summed E-state index contributed by atoms with van der Waals surface area (Å²) in [6, 6.07) is 0. The molecule has 0 radical (unpaired) electrons. The van der Waals surface area contributed by atoms with Crippen molar-refractivity contribution in [3.8, 4) is 0 Å². The molecule has 0 saturated heterocycles. The molecule has 1 spiro atoms. The summed E-state index contributed by atoms with van der Waals surface area (Å²) >= 11 is 0. The number of carbonyl (C=O) groups is 2. The molecule has 6 atom stereocenters. The van der Waals surface area contributed by atoms with Gasteiger partial charge in [0.25, 0.3) is 0 Å². The standard InChI is InChI=1S/C16H23NO6/c1-14(7-18)10-6-15(11(19)5-8(10)12(20)21)9(13(22)23)3-4-16(14,15)17-2/h5,9-11,17-19H,3-4,6-7H2,1-2H3,(H,20,21)(H,22,23)/t9-,10-,11-,14+,15-,16+/m0/s1. The molecule has 0 aliphatic heterocycles. The number of fused-ring (bicyclic) bond motifs is 1. The van der Waals surface area contributed by atoms with Gasteiger partial charge in [-0.3, -0.25) is 4.79 Å². The van der Waals surface area contributed by atoms with Crippen LogP contribution in [0.4, 0.5) is 0 Å². The Kier molecular flexibility index (Phi) is 3.41. The van der Waals surface area contributed by atoms with E-state index in [1.807, 2.05) is 0 Å². The molecule has 0 aromatic rings. The van der Waals surface area contributed by atoms with Crippen molar-refractivity contribution in [2.45, 2.75) is 37.8 Å². The Morgan fingerprint density at radius 1 is 1.39 bits per heavy atom. The van der Waals surface area contributed by atoms with Gasteiger partial charge in [-0.05, 0) is 32.4 Å². The van der Waals surface area contributed by atoms with Gasteiger partial charge in [-0.25, -0.2) is 4.79 Å². The van der Waals surface area contributed by atoms with Gasteiger partial charge in [0.1, 0.15) is 0 Å². The average molecular weight is 325 g/mol. The van der Waals surface area contributed by atoms with Crippen LogP contribution in [-0.2, 0) is 9.59 Å². The molecule has 3 rings (SSSR count). The van der Waals surface area contributed by atoms with E-state index in [1.54, 1.807) is 14.0 Å². The normalized spacial score (nSPS) is 48.0. The average Bonchev–Trinajstić information content (AvgIpc) is 2.92. The van der Waals surface area contributed by atoms with Gasteiger partial charge in [-0.1, -0.05) is 6.92 Å². The van der Waals surface area contributed by atoms with E-state index in [4.69, 9.17) is 0 Å². The molecule has 3 aliphatic rings. The second kappa shape index (κ2) is 4.78. The Labute approximate surface area is 134 Å². The number of aliphatic carboxylic acids is 2. The lowest BCUT2D eigenvalue weighted by Gasteiger charge is -2.51. The van der Waals surface area contributed by atoms with E-state index in [9.17, 15) is 30.0 Å². The molecule has 7 nitrogen and oxygen atoms in total. The molecule has 5 N–H and O–H groups in total. The zero-order valence-corrected chi connectivity index (χ0v) is 13.2. The number of hydrogen-bond acceptors (Lipinski definition) is 5. The summed E-state index contributed by atoms with van der Waals surface area (Å²) in [5.74, 6) is -3.37. The zero-order chi connectivity index (χ0) is 17.2. The molecule has 7 heteroatoms. The summed E-state index contributed by atoms with van der Waals surface area (Å²) in [5.41, 5.74) is -2.61. The first-order valence-electron chi connectivity index (χ1n) is 7.87. The highest BCUT2D eigenvalue weighted by molar-refractivity contribution is 5.88. The maximum Gasteiger partial charge on any atom is 0.331 e. The molecular weight excluding hydrogens is 302 g/mol. The van der Waals surface area contributed by atoms with Crippen LogP contribution in [0, 0.1) is 22.7 Å². The van der Waals surface area contributed by atoms with Gasteiger partial charge < -0.3 is 25.7 Å². The summed E-state index contributed by atoms with van der Waals surface area (Å²) in [7, 11) is 1.70. The maximum absolute atomic E-state index is 11.8. The highest BCUT2D eigenvalue weighted by Gasteiger charge is 2.78. The molecule has 2 fully saturated rings. The monoisotopic (exact) mass is 325 g/mol. The molecule has 0 unspecified atom stereocenters. The smallest absolute Gasteiger partial charge is 0.331 e. The van der Waals surface area contributed by atoms with Crippen LogP contribution in [-0.4, -0.2) is 57.7 Å². The predicted molar refractivity (Wildman–Crippen MR) is 79.6 cm³/mol. The molecular formula is C16H23NO6. The SMILES string of the molecule is CN[C@@]12CC[C@@H](C(=O)O)[C@]13C[C@@H](C(C(=O)O)=C[C@@H]3O)[C@@]2(C)CO.